The first kappa shape index (κ1) is 12.9. The fourth-order valence-electron chi connectivity index (χ4n) is 1.72. The van der Waals surface area contributed by atoms with Crippen LogP contribution < -0.4 is 15.4 Å². The van der Waals surface area contributed by atoms with Gasteiger partial charge in [0.1, 0.15) is 5.69 Å². The maximum Gasteiger partial charge on any atom is 0.296 e. The Bertz CT molecular complexity index is 542. The van der Waals surface area contributed by atoms with Gasteiger partial charge >= 0.3 is 0 Å². The number of carbonyl (C=O) groups is 1. The Morgan fingerprint density at radius 3 is 3.05 bits per heavy atom. The van der Waals surface area contributed by atoms with Crippen molar-refractivity contribution in [3.05, 3.63) is 34.9 Å². The zero-order chi connectivity index (χ0) is 13.8. The van der Waals surface area contributed by atoms with Crippen molar-refractivity contribution in [2.45, 2.75) is 6.42 Å². The van der Waals surface area contributed by atoms with Crippen LogP contribution in [0.2, 0.25) is 0 Å². The van der Waals surface area contributed by atoms with Gasteiger partial charge in [0.2, 0.25) is 0 Å². The summed E-state index contributed by atoms with van der Waals surface area (Å²) in [5.41, 5.74) is 0.693. The number of nitro benzene ring substituents is 1. The number of fused-ring (bicyclic) bond motifs is 1. The maximum absolute atomic E-state index is 11.2. The van der Waals surface area contributed by atoms with E-state index in [0.717, 1.165) is 0 Å². The van der Waals surface area contributed by atoms with Crippen LogP contribution >= 0.6 is 0 Å². The summed E-state index contributed by atoms with van der Waals surface area (Å²) in [7, 11) is 0. The Morgan fingerprint density at radius 2 is 2.37 bits per heavy atom. The number of carbonyl (C=O) groups excluding carboxylic acids is 1. The molecular formula is C12H13N3O4. The highest BCUT2D eigenvalue weighted by atomic mass is 16.6. The van der Waals surface area contributed by atoms with E-state index >= 15 is 0 Å². The van der Waals surface area contributed by atoms with Crippen molar-refractivity contribution in [2.75, 3.05) is 23.8 Å². The van der Waals surface area contributed by atoms with Gasteiger partial charge in [-0.3, -0.25) is 14.9 Å². The molecule has 0 spiro atoms. The zero-order valence-corrected chi connectivity index (χ0v) is 10.1. The van der Waals surface area contributed by atoms with Crippen LogP contribution in [0.25, 0.3) is 0 Å². The lowest BCUT2D eigenvalue weighted by Crippen LogP contribution is -2.25. The Morgan fingerprint density at radius 1 is 1.58 bits per heavy atom. The van der Waals surface area contributed by atoms with Crippen LogP contribution in [0.15, 0.2) is 24.8 Å². The molecule has 1 aliphatic rings. The SMILES string of the molecule is C=CCCNc1cc2c(cc1[N+](=O)[O-])OCC(=O)N2. The largest absolute Gasteiger partial charge is 0.481 e. The molecule has 2 N–H and O–H groups in total. The van der Waals surface area contributed by atoms with Gasteiger partial charge in [0.15, 0.2) is 12.4 Å². The van der Waals surface area contributed by atoms with Crippen LogP contribution in [0.5, 0.6) is 5.75 Å². The van der Waals surface area contributed by atoms with E-state index in [2.05, 4.69) is 17.2 Å². The van der Waals surface area contributed by atoms with E-state index in [1.54, 1.807) is 6.08 Å². The van der Waals surface area contributed by atoms with E-state index in [1.807, 2.05) is 0 Å². The molecule has 2 rings (SSSR count). The molecule has 0 bridgehead atoms. The number of ether oxygens (including phenoxy) is 1. The highest BCUT2D eigenvalue weighted by Gasteiger charge is 2.23. The molecule has 1 amide bonds. The third kappa shape index (κ3) is 2.82. The summed E-state index contributed by atoms with van der Waals surface area (Å²) in [6, 6.07) is 2.82. The summed E-state index contributed by atoms with van der Waals surface area (Å²) in [6.07, 6.45) is 2.39. The number of amides is 1. The van der Waals surface area contributed by atoms with Gasteiger partial charge in [-0.2, -0.15) is 0 Å². The predicted octanol–water partition coefficient (Wildman–Crippen LogP) is 1.91. The van der Waals surface area contributed by atoms with Gasteiger partial charge < -0.3 is 15.4 Å². The summed E-state index contributed by atoms with van der Waals surface area (Å²) in [5, 5.41) is 16.6. The van der Waals surface area contributed by atoms with Crippen molar-refractivity contribution in [3.8, 4) is 5.75 Å². The van der Waals surface area contributed by atoms with Gasteiger partial charge in [0.05, 0.1) is 16.7 Å². The van der Waals surface area contributed by atoms with Gasteiger partial charge in [-0.05, 0) is 12.5 Å². The Labute approximate surface area is 109 Å². The van der Waals surface area contributed by atoms with Crippen molar-refractivity contribution in [1.29, 1.82) is 0 Å². The minimum Gasteiger partial charge on any atom is -0.481 e. The van der Waals surface area contributed by atoms with E-state index < -0.39 is 4.92 Å². The molecule has 0 atom stereocenters. The van der Waals surface area contributed by atoms with Gasteiger partial charge in [-0.1, -0.05) is 6.08 Å². The van der Waals surface area contributed by atoms with Crippen LogP contribution in [0, 0.1) is 10.1 Å². The molecule has 19 heavy (non-hydrogen) atoms. The summed E-state index contributed by atoms with van der Waals surface area (Å²) >= 11 is 0. The summed E-state index contributed by atoms with van der Waals surface area (Å²) in [5.74, 6) is 0.0268. The molecule has 7 heteroatoms. The first-order valence-electron chi connectivity index (χ1n) is 5.71. The molecule has 0 unspecified atom stereocenters. The normalized spacial score (nSPS) is 12.9. The van der Waals surface area contributed by atoms with Gasteiger partial charge in [0, 0.05) is 6.54 Å². The van der Waals surface area contributed by atoms with Gasteiger partial charge in [-0.15, -0.1) is 6.58 Å². The molecule has 7 nitrogen and oxygen atoms in total. The van der Waals surface area contributed by atoms with Crippen molar-refractivity contribution in [3.63, 3.8) is 0 Å². The predicted molar refractivity (Wildman–Crippen MR) is 70.5 cm³/mol. The Balaban J connectivity index is 2.33. The highest BCUT2D eigenvalue weighted by molar-refractivity contribution is 5.96. The third-order valence-corrected chi connectivity index (χ3v) is 2.59. The van der Waals surface area contributed by atoms with Crippen LogP contribution in [0.4, 0.5) is 17.1 Å². The molecule has 1 aromatic rings. The van der Waals surface area contributed by atoms with E-state index in [-0.39, 0.29) is 18.2 Å². The number of rotatable bonds is 5. The monoisotopic (exact) mass is 263 g/mol. The van der Waals surface area contributed by atoms with Crippen LogP contribution in [-0.4, -0.2) is 24.0 Å². The minimum absolute atomic E-state index is 0.0843. The van der Waals surface area contributed by atoms with Crippen molar-refractivity contribution >= 4 is 23.0 Å². The van der Waals surface area contributed by atoms with E-state index in [0.29, 0.717) is 30.1 Å². The fraction of sp³-hybridized carbons (Fsp3) is 0.250. The van der Waals surface area contributed by atoms with Crippen LogP contribution in [0.3, 0.4) is 0 Å². The summed E-state index contributed by atoms with van der Waals surface area (Å²) in [4.78, 5) is 21.7. The quantitative estimate of drug-likeness (QED) is 0.366. The van der Waals surface area contributed by atoms with Crippen molar-refractivity contribution in [2.24, 2.45) is 0 Å². The lowest BCUT2D eigenvalue weighted by Gasteiger charge is -2.19. The summed E-state index contributed by atoms with van der Waals surface area (Å²) < 4.78 is 5.15. The first-order chi connectivity index (χ1) is 9.11. The summed E-state index contributed by atoms with van der Waals surface area (Å²) in [6.45, 7) is 3.97. The molecule has 0 saturated heterocycles. The second-order valence-electron chi connectivity index (χ2n) is 3.96. The third-order valence-electron chi connectivity index (χ3n) is 2.59. The number of benzene rings is 1. The topological polar surface area (TPSA) is 93.5 Å². The number of nitrogens with one attached hydrogen (secondary N) is 2. The van der Waals surface area contributed by atoms with Crippen molar-refractivity contribution in [1.82, 2.24) is 0 Å². The zero-order valence-electron chi connectivity index (χ0n) is 10.1. The highest BCUT2D eigenvalue weighted by Crippen LogP contribution is 2.37. The molecule has 0 aliphatic carbocycles. The molecular weight excluding hydrogens is 250 g/mol. The number of anilines is 2. The smallest absolute Gasteiger partial charge is 0.296 e. The lowest BCUT2D eigenvalue weighted by atomic mass is 10.2. The molecule has 0 fully saturated rings. The van der Waals surface area contributed by atoms with Gasteiger partial charge in [0.25, 0.3) is 11.6 Å². The number of hydrogen-bond acceptors (Lipinski definition) is 5. The standard InChI is InChI=1S/C12H13N3O4/c1-2-3-4-13-8-5-9-11(6-10(8)15(17)18)19-7-12(16)14-9/h2,5-6,13H,1,3-4,7H2,(H,14,16). The van der Waals surface area contributed by atoms with E-state index in [9.17, 15) is 14.9 Å². The van der Waals surface area contributed by atoms with Gasteiger partial charge in [-0.25, -0.2) is 0 Å². The first-order valence-corrected chi connectivity index (χ1v) is 5.71. The Kier molecular flexibility index (Phi) is 3.65. The van der Waals surface area contributed by atoms with Crippen LogP contribution in [0.1, 0.15) is 6.42 Å². The fourth-order valence-corrected chi connectivity index (χ4v) is 1.72. The average molecular weight is 263 g/mol. The maximum atomic E-state index is 11.2. The molecule has 0 aromatic heterocycles. The minimum atomic E-state index is -0.490. The van der Waals surface area contributed by atoms with E-state index in [4.69, 9.17) is 4.74 Å². The second kappa shape index (κ2) is 5.38. The van der Waals surface area contributed by atoms with Crippen LogP contribution in [-0.2, 0) is 4.79 Å². The molecule has 0 saturated carbocycles. The number of nitrogens with zero attached hydrogens (tertiary/aromatic N) is 1. The molecule has 0 radical (unpaired) electrons. The number of hydrogen-bond donors (Lipinski definition) is 2. The van der Waals surface area contributed by atoms with Crippen molar-refractivity contribution < 1.29 is 14.5 Å². The number of nitro groups is 1. The van der Waals surface area contributed by atoms with E-state index in [1.165, 1.54) is 12.1 Å². The second-order valence-corrected chi connectivity index (χ2v) is 3.96. The lowest BCUT2D eigenvalue weighted by molar-refractivity contribution is -0.384. The molecule has 1 aliphatic heterocycles. The molecule has 1 heterocycles. The molecule has 1 aromatic carbocycles. The molecule has 100 valence electrons. The Hall–Kier alpha value is -2.57. The average Bonchev–Trinajstić information content (AvgIpc) is 2.37.